The van der Waals surface area contributed by atoms with E-state index in [9.17, 15) is 14.3 Å². The first-order chi connectivity index (χ1) is 7.93. The Bertz CT molecular complexity index is 453. The lowest BCUT2D eigenvalue weighted by Crippen LogP contribution is -2.21. The van der Waals surface area contributed by atoms with Crippen molar-refractivity contribution in [1.82, 2.24) is 0 Å². The second-order valence-electron chi connectivity index (χ2n) is 3.58. The molecule has 0 aliphatic heterocycles. The zero-order chi connectivity index (χ0) is 13.0. The largest absolute Gasteiger partial charge is 0.378 e. The van der Waals surface area contributed by atoms with Crippen molar-refractivity contribution in [2.45, 2.75) is 12.2 Å². The first kappa shape index (κ1) is 13.9. The predicted octanol–water partition coefficient (Wildman–Crippen LogP) is 2.43. The minimum atomic E-state index is -0.972. The number of nitrogens with one attached hydrogen (secondary N) is 1. The third kappa shape index (κ3) is 3.67. The molecule has 1 N–H and O–H groups in total. The molecule has 0 fully saturated rings. The monoisotopic (exact) mass is 276 g/mol. The summed E-state index contributed by atoms with van der Waals surface area (Å²) in [5, 5.41) is 13.7. The van der Waals surface area contributed by atoms with Crippen LogP contribution in [0.4, 0.5) is 11.4 Å². The summed E-state index contributed by atoms with van der Waals surface area (Å²) in [6, 6.07) is 4.67. The Morgan fingerprint density at radius 1 is 1.59 bits per heavy atom. The smallest absolute Gasteiger partial charge is 0.310 e. The third-order valence-corrected chi connectivity index (χ3v) is 3.92. The van der Waals surface area contributed by atoms with Crippen molar-refractivity contribution in [2.24, 2.45) is 0 Å². The van der Waals surface area contributed by atoms with Gasteiger partial charge in [0.05, 0.1) is 4.92 Å². The fourth-order valence-corrected chi connectivity index (χ4v) is 1.78. The van der Waals surface area contributed by atoms with Gasteiger partial charge in [0.15, 0.2) is 0 Å². The summed E-state index contributed by atoms with van der Waals surface area (Å²) in [5.74, 6) is 0. The molecule has 1 aromatic carbocycles. The standard InChI is InChI=1S/C10H13ClN2O3S/c1-7(17(2)16)6-12-9-5-3-4-8(11)10(9)13(14)15/h3-5,7,12H,6H2,1-2H3. The quantitative estimate of drug-likeness (QED) is 0.662. The normalized spacial score (nSPS) is 14.1. The Kier molecular flexibility index (Phi) is 4.89. The summed E-state index contributed by atoms with van der Waals surface area (Å²) in [7, 11) is -0.972. The number of nitro benzene ring substituents is 1. The van der Waals surface area contributed by atoms with E-state index in [1.807, 2.05) is 0 Å². The minimum absolute atomic E-state index is 0.0882. The Hall–Kier alpha value is -1.14. The average molecular weight is 277 g/mol. The van der Waals surface area contributed by atoms with E-state index in [4.69, 9.17) is 11.6 Å². The molecule has 0 aromatic heterocycles. The van der Waals surface area contributed by atoms with Crippen LogP contribution in [-0.4, -0.2) is 27.2 Å². The van der Waals surface area contributed by atoms with Gasteiger partial charge < -0.3 is 5.32 Å². The summed E-state index contributed by atoms with van der Waals surface area (Å²) in [5.41, 5.74) is 0.197. The van der Waals surface area contributed by atoms with Gasteiger partial charge in [0.2, 0.25) is 0 Å². The molecule has 0 radical (unpaired) electrons. The molecule has 0 aliphatic carbocycles. The van der Waals surface area contributed by atoms with Gasteiger partial charge >= 0.3 is 5.69 Å². The molecule has 1 aromatic rings. The highest BCUT2D eigenvalue weighted by atomic mass is 35.5. The molecule has 0 spiro atoms. The van der Waals surface area contributed by atoms with Crippen molar-refractivity contribution in [2.75, 3.05) is 18.1 Å². The maximum atomic E-state index is 11.2. The minimum Gasteiger partial charge on any atom is -0.378 e. The van der Waals surface area contributed by atoms with Gasteiger partial charge in [-0.15, -0.1) is 0 Å². The van der Waals surface area contributed by atoms with E-state index in [0.717, 1.165) is 0 Å². The number of rotatable bonds is 5. The van der Waals surface area contributed by atoms with E-state index >= 15 is 0 Å². The van der Waals surface area contributed by atoms with Crippen LogP contribution in [-0.2, 0) is 10.8 Å². The second-order valence-corrected chi connectivity index (χ2v) is 5.79. The van der Waals surface area contributed by atoms with E-state index in [0.29, 0.717) is 12.2 Å². The number of nitro groups is 1. The van der Waals surface area contributed by atoms with Gasteiger partial charge in [-0.2, -0.15) is 0 Å². The molecular weight excluding hydrogens is 264 g/mol. The van der Waals surface area contributed by atoms with Gasteiger partial charge in [-0.05, 0) is 19.1 Å². The molecule has 17 heavy (non-hydrogen) atoms. The van der Waals surface area contributed by atoms with E-state index in [1.165, 1.54) is 6.07 Å². The van der Waals surface area contributed by atoms with Gasteiger partial charge in [-0.3, -0.25) is 14.3 Å². The van der Waals surface area contributed by atoms with Gasteiger partial charge in [-0.25, -0.2) is 0 Å². The second kappa shape index (κ2) is 5.97. The Balaban J connectivity index is 2.88. The van der Waals surface area contributed by atoms with Crippen LogP contribution < -0.4 is 5.32 Å². The third-order valence-electron chi connectivity index (χ3n) is 2.32. The highest BCUT2D eigenvalue weighted by Gasteiger charge is 2.18. The summed E-state index contributed by atoms with van der Waals surface area (Å²) in [6.07, 6.45) is 1.60. The van der Waals surface area contributed by atoms with Crippen LogP contribution in [0.3, 0.4) is 0 Å². The SMILES string of the molecule is CC(CNc1cccc(Cl)c1[N+](=O)[O-])S(C)=O. The molecule has 0 aliphatic rings. The van der Waals surface area contributed by atoms with Crippen LogP contribution in [0, 0.1) is 10.1 Å². The van der Waals surface area contributed by atoms with Gasteiger partial charge in [0.25, 0.3) is 0 Å². The lowest BCUT2D eigenvalue weighted by molar-refractivity contribution is -0.383. The summed E-state index contributed by atoms with van der Waals surface area (Å²) in [6.45, 7) is 2.20. The van der Waals surface area contributed by atoms with Crippen molar-refractivity contribution >= 4 is 33.8 Å². The van der Waals surface area contributed by atoms with Crippen molar-refractivity contribution in [3.63, 3.8) is 0 Å². The molecular formula is C10H13ClN2O3S. The Morgan fingerprint density at radius 2 is 2.24 bits per heavy atom. The average Bonchev–Trinajstić information content (AvgIpc) is 2.24. The highest BCUT2D eigenvalue weighted by molar-refractivity contribution is 7.84. The van der Waals surface area contributed by atoms with E-state index in [1.54, 1.807) is 25.3 Å². The number of hydrogen-bond donors (Lipinski definition) is 1. The number of para-hydroxylation sites is 1. The number of anilines is 1. The maximum absolute atomic E-state index is 11.2. The molecule has 2 unspecified atom stereocenters. The van der Waals surface area contributed by atoms with E-state index < -0.39 is 15.7 Å². The molecule has 0 amide bonds. The predicted molar refractivity (Wildman–Crippen MR) is 70.1 cm³/mol. The van der Waals surface area contributed by atoms with Gasteiger partial charge in [0, 0.05) is 28.9 Å². The van der Waals surface area contributed by atoms with Crippen molar-refractivity contribution in [3.8, 4) is 0 Å². The summed E-state index contributed by atoms with van der Waals surface area (Å²) >= 11 is 5.76. The van der Waals surface area contributed by atoms with Crippen molar-refractivity contribution in [3.05, 3.63) is 33.3 Å². The highest BCUT2D eigenvalue weighted by Crippen LogP contribution is 2.32. The molecule has 1 rings (SSSR count). The number of nitrogens with zero attached hydrogens (tertiary/aromatic N) is 1. The van der Waals surface area contributed by atoms with E-state index in [2.05, 4.69) is 5.32 Å². The molecule has 0 saturated carbocycles. The van der Waals surface area contributed by atoms with Crippen LogP contribution in [0.5, 0.6) is 0 Å². The molecule has 94 valence electrons. The lowest BCUT2D eigenvalue weighted by Gasteiger charge is -2.11. The van der Waals surface area contributed by atoms with Crippen LogP contribution in [0.15, 0.2) is 18.2 Å². The van der Waals surface area contributed by atoms with Gasteiger partial charge in [-0.1, -0.05) is 17.7 Å². The fourth-order valence-electron chi connectivity index (χ4n) is 1.21. The molecule has 0 saturated heterocycles. The topological polar surface area (TPSA) is 72.2 Å². The number of halogens is 1. The molecule has 2 atom stereocenters. The van der Waals surface area contributed by atoms with Crippen LogP contribution in [0.2, 0.25) is 5.02 Å². The molecule has 7 heteroatoms. The Labute approximate surface area is 107 Å². The zero-order valence-electron chi connectivity index (χ0n) is 9.47. The molecule has 0 bridgehead atoms. The first-order valence-electron chi connectivity index (χ1n) is 4.92. The first-order valence-corrected chi connectivity index (χ1v) is 6.92. The van der Waals surface area contributed by atoms with Crippen molar-refractivity contribution < 1.29 is 9.13 Å². The number of benzene rings is 1. The summed E-state index contributed by atoms with van der Waals surface area (Å²) in [4.78, 5) is 10.3. The van der Waals surface area contributed by atoms with Crippen LogP contribution >= 0.6 is 11.6 Å². The molecule has 0 heterocycles. The fraction of sp³-hybridized carbons (Fsp3) is 0.400. The Morgan fingerprint density at radius 3 is 2.76 bits per heavy atom. The zero-order valence-corrected chi connectivity index (χ0v) is 11.0. The number of hydrogen-bond acceptors (Lipinski definition) is 4. The van der Waals surface area contributed by atoms with E-state index in [-0.39, 0.29) is 16.0 Å². The summed E-state index contributed by atoms with van der Waals surface area (Å²) < 4.78 is 11.2. The van der Waals surface area contributed by atoms with Crippen molar-refractivity contribution in [1.29, 1.82) is 0 Å². The lowest BCUT2D eigenvalue weighted by atomic mass is 10.2. The van der Waals surface area contributed by atoms with Gasteiger partial charge in [0.1, 0.15) is 10.7 Å². The van der Waals surface area contributed by atoms with Crippen LogP contribution in [0.1, 0.15) is 6.92 Å². The maximum Gasteiger partial charge on any atom is 0.310 e. The molecule has 5 nitrogen and oxygen atoms in total. The van der Waals surface area contributed by atoms with Crippen LogP contribution in [0.25, 0.3) is 0 Å².